The number of nitrogens with two attached hydrogens (primary N) is 1. The summed E-state index contributed by atoms with van der Waals surface area (Å²) in [5.74, 6) is 1.29. The fourth-order valence-corrected chi connectivity index (χ4v) is 4.67. The maximum Gasteiger partial charge on any atom is 0.228 e. The van der Waals surface area contributed by atoms with Crippen LogP contribution in [0.4, 0.5) is 17.5 Å². The zero-order valence-corrected chi connectivity index (χ0v) is 19.5. The molecule has 2 N–H and O–H groups in total. The topological polar surface area (TPSA) is 76.1 Å². The van der Waals surface area contributed by atoms with E-state index in [2.05, 4.69) is 64.4 Å². The van der Waals surface area contributed by atoms with Crippen LogP contribution in [0.1, 0.15) is 5.56 Å². The normalized spacial score (nSPS) is 13.9. The van der Waals surface area contributed by atoms with Crippen LogP contribution in [0.15, 0.2) is 91.0 Å². The Labute approximate surface area is 204 Å². The van der Waals surface area contributed by atoms with Gasteiger partial charge in [0.15, 0.2) is 5.65 Å². The van der Waals surface area contributed by atoms with E-state index in [4.69, 9.17) is 20.8 Å². The highest BCUT2D eigenvalue weighted by Crippen LogP contribution is 2.32. The third-order valence-corrected chi connectivity index (χ3v) is 6.53. The first-order valence-electron chi connectivity index (χ1n) is 11.9. The van der Waals surface area contributed by atoms with Crippen LogP contribution in [0, 0.1) is 0 Å². The van der Waals surface area contributed by atoms with Crippen LogP contribution in [-0.2, 0) is 6.54 Å². The van der Waals surface area contributed by atoms with Crippen LogP contribution in [0.2, 0.25) is 0 Å². The molecule has 0 aliphatic carbocycles. The molecule has 0 atom stereocenters. The largest absolute Gasteiger partial charge is 0.383 e. The summed E-state index contributed by atoms with van der Waals surface area (Å²) >= 11 is 0. The maximum absolute atomic E-state index is 6.64. The second-order valence-corrected chi connectivity index (χ2v) is 8.77. The average molecular weight is 462 g/mol. The van der Waals surface area contributed by atoms with Gasteiger partial charge in [-0.1, -0.05) is 78.9 Å². The van der Waals surface area contributed by atoms with Gasteiger partial charge in [-0.05, 0) is 17.7 Å². The Bertz CT molecular complexity index is 1420. The Balaban J connectivity index is 1.37. The highest BCUT2D eigenvalue weighted by molar-refractivity contribution is 5.99. The summed E-state index contributed by atoms with van der Waals surface area (Å²) in [5, 5.41) is 5.62. The number of piperazine rings is 1. The number of fused-ring (bicyclic) bond motifs is 1. The lowest BCUT2D eigenvalue weighted by molar-refractivity contribution is 0.640. The number of hydrogen-bond acceptors (Lipinski definition) is 6. The zero-order valence-electron chi connectivity index (χ0n) is 19.5. The number of nitrogens with zero attached hydrogens (tertiary/aromatic N) is 6. The molecule has 2 aromatic heterocycles. The summed E-state index contributed by atoms with van der Waals surface area (Å²) in [7, 11) is 0. The van der Waals surface area contributed by atoms with Crippen LogP contribution in [0.25, 0.3) is 22.3 Å². The van der Waals surface area contributed by atoms with E-state index in [1.54, 1.807) is 0 Å². The molecule has 7 nitrogen and oxygen atoms in total. The highest BCUT2D eigenvalue weighted by atomic mass is 15.4. The number of nitrogen functional groups attached to an aromatic ring is 1. The van der Waals surface area contributed by atoms with Gasteiger partial charge in [-0.25, -0.2) is 9.67 Å². The van der Waals surface area contributed by atoms with E-state index in [1.807, 2.05) is 41.1 Å². The van der Waals surface area contributed by atoms with Crippen molar-refractivity contribution in [1.29, 1.82) is 0 Å². The van der Waals surface area contributed by atoms with Gasteiger partial charge < -0.3 is 15.5 Å². The van der Waals surface area contributed by atoms with E-state index >= 15 is 0 Å². The first kappa shape index (κ1) is 21.2. The molecule has 0 radical (unpaired) electrons. The monoisotopic (exact) mass is 461 g/mol. The molecule has 174 valence electrons. The molecule has 6 rings (SSSR count). The van der Waals surface area contributed by atoms with Crippen molar-refractivity contribution in [3.8, 4) is 11.3 Å². The molecule has 0 saturated carbocycles. The van der Waals surface area contributed by atoms with Crippen LogP contribution in [0.3, 0.4) is 0 Å². The molecule has 0 amide bonds. The van der Waals surface area contributed by atoms with Gasteiger partial charge >= 0.3 is 0 Å². The maximum atomic E-state index is 6.64. The van der Waals surface area contributed by atoms with E-state index in [9.17, 15) is 0 Å². The fraction of sp³-hybridized carbons (Fsp3) is 0.179. The smallest absolute Gasteiger partial charge is 0.228 e. The van der Waals surface area contributed by atoms with Crippen molar-refractivity contribution in [3.63, 3.8) is 0 Å². The number of para-hydroxylation sites is 1. The molecule has 0 bridgehead atoms. The number of anilines is 3. The van der Waals surface area contributed by atoms with Crippen LogP contribution in [-0.4, -0.2) is 45.9 Å². The third kappa shape index (κ3) is 4.17. The number of benzene rings is 3. The molecule has 3 heterocycles. The minimum atomic E-state index is 0.586. The lowest BCUT2D eigenvalue weighted by Crippen LogP contribution is -2.47. The van der Waals surface area contributed by atoms with Crippen molar-refractivity contribution in [2.75, 3.05) is 41.7 Å². The summed E-state index contributed by atoms with van der Waals surface area (Å²) in [6.07, 6.45) is 0. The van der Waals surface area contributed by atoms with Gasteiger partial charge in [0, 0.05) is 37.4 Å². The molecule has 1 saturated heterocycles. The highest BCUT2D eigenvalue weighted by Gasteiger charge is 2.24. The van der Waals surface area contributed by atoms with Gasteiger partial charge in [0.2, 0.25) is 5.95 Å². The minimum Gasteiger partial charge on any atom is -0.383 e. The van der Waals surface area contributed by atoms with Gasteiger partial charge in [-0.3, -0.25) is 0 Å². The molecule has 0 unspecified atom stereocenters. The second-order valence-electron chi connectivity index (χ2n) is 8.77. The second kappa shape index (κ2) is 9.10. The summed E-state index contributed by atoms with van der Waals surface area (Å²) in [6.45, 7) is 4.10. The van der Waals surface area contributed by atoms with Crippen molar-refractivity contribution in [2.24, 2.45) is 0 Å². The Kier molecular flexibility index (Phi) is 5.50. The van der Waals surface area contributed by atoms with Gasteiger partial charge in [0.1, 0.15) is 5.82 Å². The Morgan fingerprint density at radius 3 is 1.97 bits per heavy atom. The van der Waals surface area contributed by atoms with E-state index in [0.717, 1.165) is 48.4 Å². The quantitative estimate of drug-likeness (QED) is 0.417. The van der Waals surface area contributed by atoms with Gasteiger partial charge in [0.05, 0.1) is 17.6 Å². The summed E-state index contributed by atoms with van der Waals surface area (Å²) in [5.41, 5.74) is 11.5. The Morgan fingerprint density at radius 2 is 1.29 bits per heavy atom. The lowest BCUT2D eigenvalue weighted by atomic mass is 10.1. The standard InChI is InChI=1S/C28H27N7/c29-26-24-25(22-12-6-2-7-13-22)30-28(31-27(24)32-35(26)20-21-10-4-1-5-11-21)34-18-16-33(17-19-34)23-14-8-3-9-15-23/h1-15H,16-20,29H2. The number of aromatic nitrogens is 4. The lowest BCUT2D eigenvalue weighted by Gasteiger charge is -2.36. The SMILES string of the molecule is Nc1c2c(-c3ccccc3)nc(N3CCN(c4ccccc4)CC3)nc2nn1Cc1ccccc1. The van der Waals surface area contributed by atoms with Crippen molar-refractivity contribution in [1.82, 2.24) is 19.7 Å². The zero-order chi connectivity index (χ0) is 23.6. The van der Waals surface area contributed by atoms with Crippen molar-refractivity contribution >= 4 is 28.5 Å². The molecule has 5 aromatic rings. The Morgan fingerprint density at radius 1 is 0.686 bits per heavy atom. The van der Waals surface area contributed by atoms with Crippen LogP contribution < -0.4 is 15.5 Å². The van der Waals surface area contributed by atoms with Gasteiger partial charge in [-0.2, -0.15) is 4.98 Å². The van der Waals surface area contributed by atoms with Crippen molar-refractivity contribution < 1.29 is 0 Å². The Hall–Kier alpha value is -4.39. The third-order valence-electron chi connectivity index (χ3n) is 6.53. The van der Waals surface area contributed by atoms with E-state index in [1.165, 1.54) is 5.69 Å². The average Bonchev–Trinajstić information content (AvgIpc) is 3.24. The molecule has 7 heteroatoms. The van der Waals surface area contributed by atoms with E-state index < -0.39 is 0 Å². The molecule has 1 aliphatic rings. The molecule has 0 spiro atoms. The molecule has 3 aromatic carbocycles. The van der Waals surface area contributed by atoms with Crippen molar-refractivity contribution in [2.45, 2.75) is 6.54 Å². The summed E-state index contributed by atoms with van der Waals surface area (Å²) in [6, 6.07) is 30.9. The first-order valence-corrected chi connectivity index (χ1v) is 11.9. The van der Waals surface area contributed by atoms with E-state index in [0.29, 0.717) is 24.0 Å². The van der Waals surface area contributed by atoms with Gasteiger partial charge in [-0.15, -0.1) is 5.10 Å². The number of rotatable bonds is 5. The summed E-state index contributed by atoms with van der Waals surface area (Å²) < 4.78 is 1.83. The number of hydrogen-bond donors (Lipinski definition) is 1. The predicted octanol–water partition coefficient (Wildman–Crippen LogP) is 4.45. The molecular formula is C28H27N7. The molecule has 1 fully saturated rings. The first-order chi connectivity index (χ1) is 17.3. The minimum absolute atomic E-state index is 0.586. The molecule has 35 heavy (non-hydrogen) atoms. The fourth-order valence-electron chi connectivity index (χ4n) is 4.67. The van der Waals surface area contributed by atoms with Crippen molar-refractivity contribution in [3.05, 3.63) is 96.6 Å². The molecule has 1 aliphatic heterocycles. The van der Waals surface area contributed by atoms with E-state index in [-0.39, 0.29) is 0 Å². The van der Waals surface area contributed by atoms with Crippen LogP contribution >= 0.6 is 0 Å². The summed E-state index contributed by atoms with van der Waals surface area (Å²) in [4.78, 5) is 14.6. The van der Waals surface area contributed by atoms with Gasteiger partial charge in [0.25, 0.3) is 0 Å². The molecular weight excluding hydrogens is 434 g/mol. The predicted molar refractivity (Wildman–Crippen MR) is 142 cm³/mol. The van der Waals surface area contributed by atoms with Crippen LogP contribution in [0.5, 0.6) is 0 Å².